The van der Waals surface area contributed by atoms with Gasteiger partial charge in [0.1, 0.15) is 0 Å². The number of likely N-dealkylation sites (N-methyl/N-ethyl adjacent to an activating group) is 1. The fourth-order valence-corrected chi connectivity index (χ4v) is 4.17. The molecule has 0 atom stereocenters. The third kappa shape index (κ3) is 5.91. The van der Waals surface area contributed by atoms with E-state index < -0.39 is 0 Å². The molecule has 0 bridgehead atoms. The summed E-state index contributed by atoms with van der Waals surface area (Å²) in [6.45, 7) is 12.5. The molecule has 6 nitrogen and oxygen atoms in total. The molecular weight excluding hydrogens is 390 g/mol. The van der Waals surface area contributed by atoms with Gasteiger partial charge in [0, 0.05) is 18.8 Å². The Hall–Kier alpha value is -2.73. The van der Waals surface area contributed by atoms with Crippen LogP contribution in [0.4, 0.5) is 5.69 Å². The van der Waals surface area contributed by atoms with Crippen molar-refractivity contribution in [2.24, 2.45) is 0 Å². The largest absolute Gasteiger partial charge is 0.493 e. The number of aryl methyl sites for hydroxylation is 1. The lowest BCUT2D eigenvalue weighted by molar-refractivity contribution is -0.892. The lowest BCUT2D eigenvalue weighted by Crippen LogP contribution is -3.15. The predicted molar refractivity (Wildman–Crippen MR) is 124 cm³/mol. The number of hydrogen-bond donors (Lipinski definition) is 1. The molecule has 1 heterocycles. The highest BCUT2D eigenvalue weighted by atomic mass is 16.5. The van der Waals surface area contributed by atoms with Gasteiger partial charge in [0.2, 0.25) is 0 Å². The molecule has 1 fully saturated rings. The smallest absolute Gasteiger partial charge is 0.278 e. The van der Waals surface area contributed by atoms with Crippen LogP contribution in [0.15, 0.2) is 42.5 Å². The molecule has 0 spiro atoms. The summed E-state index contributed by atoms with van der Waals surface area (Å²) in [5.74, 6) is 1.65. The van der Waals surface area contributed by atoms with Gasteiger partial charge in [-0.3, -0.25) is 4.79 Å². The Morgan fingerprint density at radius 1 is 1.10 bits per heavy atom. The number of nitrogens with zero attached hydrogens (tertiary/aromatic N) is 2. The minimum absolute atomic E-state index is 0.203. The number of para-hydroxylation sites is 1. The number of carbonyl (C=O) groups excluding carboxylic acids is 1. The molecule has 0 aromatic heterocycles. The summed E-state index contributed by atoms with van der Waals surface area (Å²) in [4.78, 5) is 18.7. The highest BCUT2D eigenvalue weighted by Gasteiger charge is 2.25. The monoisotopic (exact) mass is 426 g/mol. The molecule has 1 amide bonds. The van der Waals surface area contributed by atoms with Gasteiger partial charge in [-0.15, -0.1) is 0 Å². The second-order valence-electron chi connectivity index (χ2n) is 8.03. The van der Waals surface area contributed by atoms with E-state index in [9.17, 15) is 4.79 Å². The van der Waals surface area contributed by atoms with E-state index in [0.29, 0.717) is 32.0 Å². The summed E-state index contributed by atoms with van der Waals surface area (Å²) in [7, 11) is 1.64. The molecule has 1 saturated heterocycles. The first-order valence-electron chi connectivity index (χ1n) is 11.3. The van der Waals surface area contributed by atoms with Crippen LogP contribution in [-0.2, 0) is 11.3 Å². The van der Waals surface area contributed by atoms with Gasteiger partial charge in [0.25, 0.3) is 5.91 Å². The number of carbonyl (C=O) groups is 1. The third-order valence-corrected chi connectivity index (χ3v) is 5.96. The third-order valence-electron chi connectivity index (χ3n) is 5.96. The molecule has 31 heavy (non-hydrogen) atoms. The Kier molecular flexibility index (Phi) is 8.18. The lowest BCUT2D eigenvalue weighted by atomic mass is 10.1. The number of methoxy groups -OCH3 is 1. The number of rotatable bonds is 9. The quantitative estimate of drug-likeness (QED) is 0.668. The summed E-state index contributed by atoms with van der Waals surface area (Å²) in [6, 6.07) is 14.4. The van der Waals surface area contributed by atoms with Gasteiger partial charge >= 0.3 is 0 Å². The van der Waals surface area contributed by atoms with Crippen molar-refractivity contribution in [3.8, 4) is 11.5 Å². The second kappa shape index (κ2) is 11.0. The van der Waals surface area contributed by atoms with Crippen LogP contribution in [0.25, 0.3) is 0 Å². The Bertz CT molecular complexity index is 863. The molecule has 2 aromatic carbocycles. The molecule has 1 aliphatic rings. The zero-order chi connectivity index (χ0) is 22.2. The highest BCUT2D eigenvalue weighted by molar-refractivity contribution is 5.77. The van der Waals surface area contributed by atoms with Gasteiger partial charge in [0.15, 0.2) is 18.0 Å². The summed E-state index contributed by atoms with van der Waals surface area (Å²) in [5, 5.41) is 0. The molecule has 6 heteroatoms. The molecule has 2 aromatic rings. The number of nitrogens with one attached hydrogen (secondary N) is 1. The summed E-state index contributed by atoms with van der Waals surface area (Å²) >= 11 is 0. The molecule has 168 valence electrons. The Balaban J connectivity index is 1.55. The number of piperazine rings is 1. The molecule has 3 rings (SSSR count). The molecule has 0 aliphatic carbocycles. The van der Waals surface area contributed by atoms with Crippen LogP contribution in [0, 0.1) is 6.92 Å². The summed E-state index contributed by atoms with van der Waals surface area (Å²) < 4.78 is 11.1. The normalized spacial score (nSPS) is 14.4. The van der Waals surface area contributed by atoms with Crippen LogP contribution in [0.2, 0.25) is 0 Å². The van der Waals surface area contributed by atoms with Crippen LogP contribution < -0.4 is 19.3 Å². The van der Waals surface area contributed by atoms with Crippen molar-refractivity contribution in [1.29, 1.82) is 0 Å². The van der Waals surface area contributed by atoms with Gasteiger partial charge in [-0.05, 0) is 50.1 Å². The standard InChI is InChI=1S/C25H35N3O3/c1-5-27(18-21-11-12-23(31-6-2)24(17-21)30-4)25(29)19-26-13-15-28(16-14-26)22-10-8-7-9-20(22)3/h7-12,17H,5-6,13-16,18-19H2,1-4H3/p+1. The zero-order valence-corrected chi connectivity index (χ0v) is 19.3. The topological polar surface area (TPSA) is 46.5 Å². The highest BCUT2D eigenvalue weighted by Crippen LogP contribution is 2.28. The van der Waals surface area contributed by atoms with Crippen molar-refractivity contribution in [1.82, 2.24) is 4.90 Å². The van der Waals surface area contributed by atoms with Crippen molar-refractivity contribution in [2.45, 2.75) is 27.3 Å². The van der Waals surface area contributed by atoms with E-state index in [1.165, 1.54) is 16.2 Å². The first-order valence-corrected chi connectivity index (χ1v) is 11.3. The first kappa shape index (κ1) is 22.9. The van der Waals surface area contributed by atoms with Crippen molar-refractivity contribution < 1.29 is 19.2 Å². The number of ether oxygens (including phenoxy) is 2. The van der Waals surface area contributed by atoms with E-state index >= 15 is 0 Å². The number of amides is 1. The van der Waals surface area contributed by atoms with Crippen molar-refractivity contribution in [3.63, 3.8) is 0 Å². The average Bonchev–Trinajstić information content (AvgIpc) is 2.79. The van der Waals surface area contributed by atoms with Crippen molar-refractivity contribution >= 4 is 11.6 Å². The van der Waals surface area contributed by atoms with Gasteiger partial charge < -0.3 is 24.2 Å². The van der Waals surface area contributed by atoms with Crippen LogP contribution >= 0.6 is 0 Å². The van der Waals surface area contributed by atoms with Crippen LogP contribution in [0.5, 0.6) is 11.5 Å². The minimum Gasteiger partial charge on any atom is -0.493 e. The van der Waals surface area contributed by atoms with Crippen LogP contribution in [-0.4, -0.2) is 63.8 Å². The van der Waals surface area contributed by atoms with Crippen molar-refractivity contribution in [3.05, 3.63) is 53.6 Å². The minimum atomic E-state index is 0.203. The summed E-state index contributed by atoms with van der Waals surface area (Å²) in [6.07, 6.45) is 0. The van der Waals surface area contributed by atoms with E-state index in [0.717, 1.165) is 37.5 Å². The average molecular weight is 427 g/mol. The molecular formula is C25H36N3O3+. The molecule has 1 N–H and O–H groups in total. The maximum absolute atomic E-state index is 13.0. The van der Waals surface area contributed by atoms with Crippen LogP contribution in [0.3, 0.4) is 0 Å². The van der Waals surface area contributed by atoms with E-state index in [1.807, 2.05) is 36.9 Å². The number of hydrogen-bond acceptors (Lipinski definition) is 4. The SMILES string of the molecule is CCOc1ccc(CN(CC)C(=O)C[NH+]2CCN(c3ccccc3C)CC2)cc1OC. The Morgan fingerprint density at radius 3 is 2.48 bits per heavy atom. The zero-order valence-electron chi connectivity index (χ0n) is 19.3. The maximum Gasteiger partial charge on any atom is 0.278 e. The number of benzene rings is 2. The van der Waals surface area contributed by atoms with E-state index in [4.69, 9.17) is 9.47 Å². The fourth-order valence-electron chi connectivity index (χ4n) is 4.17. The summed E-state index contributed by atoms with van der Waals surface area (Å²) in [5.41, 5.74) is 3.67. The van der Waals surface area contributed by atoms with Gasteiger partial charge in [-0.2, -0.15) is 0 Å². The van der Waals surface area contributed by atoms with Gasteiger partial charge in [-0.25, -0.2) is 0 Å². The van der Waals surface area contributed by atoms with Gasteiger partial charge in [0.05, 0.1) is 39.9 Å². The number of anilines is 1. The fraction of sp³-hybridized carbons (Fsp3) is 0.480. The Labute approximate surface area is 186 Å². The maximum atomic E-state index is 13.0. The molecule has 0 saturated carbocycles. The molecule has 0 radical (unpaired) electrons. The first-order chi connectivity index (χ1) is 15.0. The van der Waals surface area contributed by atoms with Crippen LogP contribution in [0.1, 0.15) is 25.0 Å². The van der Waals surface area contributed by atoms with E-state index in [-0.39, 0.29) is 5.91 Å². The predicted octanol–water partition coefficient (Wildman–Crippen LogP) is 2.16. The van der Waals surface area contributed by atoms with E-state index in [1.54, 1.807) is 7.11 Å². The van der Waals surface area contributed by atoms with Gasteiger partial charge in [-0.1, -0.05) is 24.3 Å². The molecule has 1 aliphatic heterocycles. The van der Waals surface area contributed by atoms with Crippen molar-refractivity contribution in [2.75, 3.05) is 57.9 Å². The Morgan fingerprint density at radius 2 is 1.84 bits per heavy atom. The number of quaternary nitrogens is 1. The lowest BCUT2D eigenvalue weighted by Gasteiger charge is -2.35. The molecule has 0 unspecified atom stereocenters. The second-order valence-corrected chi connectivity index (χ2v) is 8.03. The van der Waals surface area contributed by atoms with E-state index in [2.05, 4.69) is 36.1 Å².